The van der Waals surface area contributed by atoms with E-state index in [1.807, 2.05) is 54.8 Å². The summed E-state index contributed by atoms with van der Waals surface area (Å²) in [7, 11) is 0. The fourth-order valence-electron chi connectivity index (χ4n) is 2.22. The normalized spacial score (nSPS) is 11.0. The molecule has 0 bridgehead atoms. The van der Waals surface area contributed by atoms with E-state index in [1.54, 1.807) is 4.57 Å². The van der Waals surface area contributed by atoms with Gasteiger partial charge in [-0.15, -0.1) is 0 Å². The Bertz CT molecular complexity index is 843. The molecular weight excluding hydrogens is 304 g/mol. The Labute approximate surface area is 131 Å². The molecule has 21 heavy (non-hydrogen) atoms. The average molecular weight is 317 g/mol. The van der Waals surface area contributed by atoms with Crippen LogP contribution in [0.25, 0.3) is 10.9 Å². The van der Waals surface area contributed by atoms with Gasteiger partial charge in [-0.05, 0) is 36.1 Å². The minimum Gasteiger partial charge on any atom is -0.283 e. The zero-order chi connectivity index (χ0) is 14.8. The molecule has 0 saturated heterocycles. The third-order valence-electron chi connectivity index (χ3n) is 3.26. The summed E-state index contributed by atoms with van der Waals surface area (Å²) in [5.41, 5.74) is 1.74. The van der Waals surface area contributed by atoms with Crippen molar-refractivity contribution in [1.29, 1.82) is 0 Å². The Kier molecular flexibility index (Phi) is 3.99. The standard InChI is InChI=1S/C16H13ClN2OS/c1-21-16-18-14-5-3-2-4-13(14)15(20)19(16)10-11-6-8-12(17)9-7-11/h2-9H,10H2,1H3. The van der Waals surface area contributed by atoms with Crippen LogP contribution in [0.3, 0.4) is 0 Å². The molecule has 1 heterocycles. The van der Waals surface area contributed by atoms with Crippen LogP contribution < -0.4 is 5.56 Å². The predicted molar refractivity (Wildman–Crippen MR) is 88.3 cm³/mol. The number of fused-ring (bicyclic) bond motifs is 1. The van der Waals surface area contributed by atoms with Crippen LogP contribution in [0.2, 0.25) is 5.02 Å². The molecule has 3 aromatic rings. The molecule has 0 N–H and O–H groups in total. The van der Waals surface area contributed by atoms with Gasteiger partial charge in [0, 0.05) is 5.02 Å². The molecule has 0 fully saturated rings. The quantitative estimate of drug-likeness (QED) is 0.544. The Morgan fingerprint density at radius 2 is 1.86 bits per heavy atom. The second-order valence-corrected chi connectivity index (χ2v) is 5.84. The molecular formula is C16H13ClN2OS. The summed E-state index contributed by atoms with van der Waals surface area (Å²) in [4.78, 5) is 17.2. The van der Waals surface area contributed by atoms with Crippen LogP contribution in [0.5, 0.6) is 0 Å². The van der Waals surface area contributed by atoms with Crippen molar-refractivity contribution in [3.05, 3.63) is 69.5 Å². The SMILES string of the molecule is CSc1nc2ccccc2c(=O)n1Cc1ccc(Cl)cc1. The summed E-state index contributed by atoms with van der Waals surface area (Å²) in [5, 5.41) is 2.05. The van der Waals surface area contributed by atoms with Gasteiger partial charge in [0.25, 0.3) is 5.56 Å². The monoisotopic (exact) mass is 316 g/mol. The first kappa shape index (κ1) is 14.2. The van der Waals surface area contributed by atoms with Crippen molar-refractivity contribution in [3.8, 4) is 0 Å². The molecule has 0 spiro atoms. The van der Waals surface area contributed by atoms with Gasteiger partial charge in [0.1, 0.15) is 0 Å². The summed E-state index contributed by atoms with van der Waals surface area (Å²) < 4.78 is 1.70. The number of rotatable bonds is 3. The molecule has 3 rings (SSSR count). The minimum absolute atomic E-state index is 0.0140. The van der Waals surface area contributed by atoms with Crippen molar-refractivity contribution >= 4 is 34.3 Å². The van der Waals surface area contributed by atoms with Gasteiger partial charge in [-0.25, -0.2) is 4.98 Å². The first-order valence-corrected chi connectivity index (χ1v) is 8.07. The van der Waals surface area contributed by atoms with Crippen molar-refractivity contribution in [2.24, 2.45) is 0 Å². The highest BCUT2D eigenvalue weighted by Crippen LogP contribution is 2.17. The summed E-state index contributed by atoms with van der Waals surface area (Å²) in [6.45, 7) is 0.490. The third kappa shape index (κ3) is 2.82. The van der Waals surface area contributed by atoms with E-state index in [0.29, 0.717) is 22.1 Å². The highest BCUT2D eigenvalue weighted by atomic mass is 35.5. The zero-order valence-electron chi connectivity index (χ0n) is 11.4. The van der Waals surface area contributed by atoms with Crippen LogP contribution in [0.15, 0.2) is 58.5 Å². The maximum Gasteiger partial charge on any atom is 0.262 e. The van der Waals surface area contributed by atoms with Gasteiger partial charge in [0.15, 0.2) is 5.16 Å². The first-order chi connectivity index (χ1) is 10.2. The lowest BCUT2D eigenvalue weighted by molar-refractivity contribution is 0.659. The molecule has 0 atom stereocenters. The van der Waals surface area contributed by atoms with Gasteiger partial charge in [-0.1, -0.05) is 47.6 Å². The molecule has 0 aliphatic carbocycles. The average Bonchev–Trinajstić information content (AvgIpc) is 2.52. The van der Waals surface area contributed by atoms with Gasteiger partial charge in [-0.3, -0.25) is 9.36 Å². The lowest BCUT2D eigenvalue weighted by Crippen LogP contribution is -2.23. The van der Waals surface area contributed by atoms with Crippen molar-refractivity contribution in [2.75, 3.05) is 6.26 Å². The van der Waals surface area contributed by atoms with Crippen molar-refractivity contribution in [2.45, 2.75) is 11.7 Å². The van der Waals surface area contributed by atoms with Crippen LogP contribution in [0, 0.1) is 0 Å². The molecule has 1 aromatic heterocycles. The number of hydrogen-bond acceptors (Lipinski definition) is 3. The number of nitrogens with zero attached hydrogens (tertiary/aromatic N) is 2. The number of aromatic nitrogens is 2. The minimum atomic E-state index is -0.0140. The predicted octanol–water partition coefficient (Wildman–Crippen LogP) is 3.82. The number of para-hydroxylation sites is 1. The molecule has 3 nitrogen and oxygen atoms in total. The smallest absolute Gasteiger partial charge is 0.262 e. The van der Waals surface area contributed by atoms with Crippen LogP contribution in [0.4, 0.5) is 0 Å². The molecule has 0 amide bonds. The number of hydrogen-bond donors (Lipinski definition) is 0. The van der Waals surface area contributed by atoms with E-state index in [4.69, 9.17) is 11.6 Å². The van der Waals surface area contributed by atoms with Crippen LogP contribution in [0.1, 0.15) is 5.56 Å². The number of halogens is 1. The fraction of sp³-hybridized carbons (Fsp3) is 0.125. The lowest BCUT2D eigenvalue weighted by atomic mass is 10.2. The van der Waals surface area contributed by atoms with Crippen LogP contribution in [-0.4, -0.2) is 15.8 Å². The van der Waals surface area contributed by atoms with E-state index in [-0.39, 0.29) is 5.56 Å². The largest absolute Gasteiger partial charge is 0.283 e. The number of thioether (sulfide) groups is 1. The lowest BCUT2D eigenvalue weighted by Gasteiger charge is -2.12. The zero-order valence-corrected chi connectivity index (χ0v) is 13.0. The highest BCUT2D eigenvalue weighted by Gasteiger charge is 2.10. The van der Waals surface area contributed by atoms with E-state index in [1.165, 1.54) is 11.8 Å². The third-order valence-corrected chi connectivity index (χ3v) is 4.19. The second kappa shape index (κ2) is 5.92. The first-order valence-electron chi connectivity index (χ1n) is 6.47. The van der Waals surface area contributed by atoms with Crippen molar-refractivity contribution in [1.82, 2.24) is 9.55 Å². The Morgan fingerprint density at radius 1 is 1.14 bits per heavy atom. The Hall–Kier alpha value is -1.78. The molecule has 0 unspecified atom stereocenters. The summed E-state index contributed by atoms with van der Waals surface area (Å²) in [5.74, 6) is 0. The van der Waals surface area contributed by atoms with Gasteiger partial charge in [0.05, 0.1) is 17.4 Å². The van der Waals surface area contributed by atoms with Gasteiger partial charge < -0.3 is 0 Å². The Morgan fingerprint density at radius 3 is 2.57 bits per heavy atom. The van der Waals surface area contributed by atoms with E-state index in [2.05, 4.69) is 4.98 Å². The van der Waals surface area contributed by atoms with Crippen molar-refractivity contribution in [3.63, 3.8) is 0 Å². The summed E-state index contributed by atoms with van der Waals surface area (Å²) in [6.07, 6.45) is 1.93. The molecule has 0 radical (unpaired) electrons. The summed E-state index contributed by atoms with van der Waals surface area (Å²) in [6, 6.07) is 14.9. The highest BCUT2D eigenvalue weighted by molar-refractivity contribution is 7.98. The molecule has 0 aliphatic rings. The van der Waals surface area contributed by atoms with E-state index < -0.39 is 0 Å². The Balaban J connectivity index is 2.14. The second-order valence-electron chi connectivity index (χ2n) is 4.63. The maximum atomic E-state index is 12.7. The van der Waals surface area contributed by atoms with E-state index in [9.17, 15) is 4.79 Å². The molecule has 5 heteroatoms. The summed E-state index contributed by atoms with van der Waals surface area (Å²) >= 11 is 7.37. The van der Waals surface area contributed by atoms with E-state index >= 15 is 0 Å². The molecule has 0 aliphatic heterocycles. The van der Waals surface area contributed by atoms with Crippen LogP contribution >= 0.6 is 23.4 Å². The fourth-order valence-corrected chi connectivity index (χ4v) is 2.90. The molecule has 106 valence electrons. The number of benzene rings is 2. The van der Waals surface area contributed by atoms with Crippen molar-refractivity contribution < 1.29 is 0 Å². The maximum absolute atomic E-state index is 12.7. The topological polar surface area (TPSA) is 34.9 Å². The van der Waals surface area contributed by atoms with Gasteiger partial charge >= 0.3 is 0 Å². The molecule has 2 aromatic carbocycles. The van der Waals surface area contributed by atoms with E-state index in [0.717, 1.165) is 11.1 Å². The van der Waals surface area contributed by atoms with Crippen LogP contribution in [-0.2, 0) is 6.54 Å². The van der Waals surface area contributed by atoms with Gasteiger partial charge in [0.2, 0.25) is 0 Å². The molecule has 0 saturated carbocycles. The van der Waals surface area contributed by atoms with Gasteiger partial charge in [-0.2, -0.15) is 0 Å².